The van der Waals surface area contributed by atoms with E-state index in [1.165, 1.54) is 32.2 Å². The first-order chi connectivity index (χ1) is 6.99. The van der Waals surface area contributed by atoms with Gasteiger partial charge in [0, 0.05) is 6.54 Å². The van der Waals surface area contributed by atoms with E-state index in [-0.39, 0.29) is 0 Å². The second kappa shape index (κ2) is 8.12. The zero-order chi connectivity index (χ0) is 11.7. The van der Waals surface area contributed by atoms with Crippen molar-refractivity contribution in [1.29, 1.82) is 0 Å². The molecule has 15 heavy (non-hydrogen) atoms. The maximum absolute atomic E-state index is 9.65. The maximum atomic E-state index is 9.65. The molecule has 0 saturated heterocycles. The van der Waals surface area contributed by atoms with Gasteiger partial charge in [0.05, 0.1) is 5.60 Å². The molecule has 0 heterocycles. The van der Waals surface area contributed by atoms with Gasteiger partial charge in [-0.05, 0) is 39.8 Å². The van der Waals surface area contributed by atoms with Gasteiger partial charge in [0.2, 0.25) is 0 Å². The Balaban J connectivity index is 3.55. The minimum absolute atomic E-state index is 0.517. The molecule has 0 spiro atoms. The van der Waals surface area contributed by atoms with E-state index in [1.807, 2.05) is 13.8 Å². The maximum Gasteiger partial charge on any atom is 0.0603 e. The van der Waals surface area contributed by atoms with E-state index in [0.29, 0.717) is 0 Å². The van der Waals surface area contributed by atoms with Crippen molar-refractivity contribution in [2.24, 2.45) is 0 Å². The summed E-state index contributed by atoms with van der Waals surface area (Å²) < 4.78 is 0. The molecule has 0 aliphatic rings. The van der Waals surface area contributed by atoms with Crippen LogP contribution in [0.1, 0.15) is 59.8 Å². The highest BCUT2D eigenvalue weighted by molar-refractivity contribution is 4.68. The van der Waals surface area contributed by atoms with Gasteiger partial charge in [-0.1, -0.05) is 33.1 Å². The van der Waals surface area contributed by atoms with E-state index in [0.717, 1.165) is 19.5 Å². The highest BCUT2D eigenvalue weighted by Crippen LogP contribution is 2.09. The lowest BCUT2D eigenvalue weighted by Crippen LogP contribution is -2.31. The summed E-state index contributed by atoms with van der Waals surface area (Å²) in [5.41, 5.74) is -0.517. The van der Waals surface area contributed by atoms with Crippen molar-refractivity contribution in [2.75, 3.05) is 19.6 Å². The third kappa shape index (κ3) is 10.2. The van der Waals surface area contributed by atoms with E-state index in [2.05, 4.69) is 18.7 Å². The molecule has 0 atom stereocenters. The van der Waals surface area contributed by atoms with Crippen LogP contribution in [0.5, 0.6) is 0 Å². The molecule has 0 fully saturated rings. The van der Waals surface area contributed by atoms with Crippen LogP contribution in [0.4, 0.5) is 0 Å². The first kappa shape index (κ1) is 14.9. The van der Waals surface area contributed by atoms with Crippen molar-refractivity contribution in [1.82, 2.24) is 4.90 Å². The summed E-state index contributed by atoms with van der Waals surface area (Å²) in [5, 5.41) is 9.65. The second-order valence-corrected chi connectivity index (χ2v) is 5.06. The minimum Gasteiger partial charge on any atom is -0.390 e. The van der Waals surface area contributed by atoms with Gasteiger partial charge in [0.1, 0.15) is 0 Å². The third-order valence-electron chi connectivity index (χ3n) is 2.81. The summed E-state index contributed by atoms with van der Waals surface area (Å²) >= 11 is 0. The SMILES string of the molecule is CCCCCCN(CC)CCC(C)(C)O. The number of unbranched alkanes of at least 4 members (excludes halogenated alkanes) is 3. The van der Waals surface area contributed by atoms with E-state index in [1.54, 1.807) is 0 Å². The van der Waals surface area contributed by atoms with Crippen LogP contribution < -0.4 is 0 Å². The molecular formula is C13H29NO. The highest BCUT2D eigenvalue weighted by Gasteiger charge is 2.13. The molecular weight excluding hydrogens is 186 g/mol. The Bertz CT molecular complexity index is 140. The van der Waals surface area contributed by atoms with E-state index < -0.39 is 5.60 Å². The molecule has 0 bridgehead atoms. The van der Waals surface area contributed by atoms with Gasteiger partial charge >= 0.3 is 0 Å². The van der Waals surface area contributed by atoms with Crippen LogP contribution in [-0.4, -0.2) is 35.2 Å². The average molecular weight is 215 g/mol. The Morgan fingerprint density at radius 2 is 1.67 bits per heavy atom. The zero-order valence-electron chi connectivity index (χ0n) is 11.1. The number of hydrogen-bond donors (Lipinski definition) is 1. The van der Waals surface area contributed by atoms with E-state index >= 15 is 0 Å². The molecule has 0 unspecified atom stereocenters. The number of aliphatic hydroxyl groups is 1. The Hall–Kier alpha value is -0.0800. The van der Waals surface area contributed by atoms with Crippen molar-refractivity contribution in [3.63, 3.8) is 0 Å². The molecule has 0 aliphatic carbocycles. The van der Waals surface area contributed by atoms with Crippen molar-refractivity contribution >= 4 is 0 Å². The zero-order valence-corrected chi connectivity index (χ0v) is 11.1. The summed E-state index contributed by atoms with van der Waals surface area (Å²) in [6.07, 6.45) is 6.16. The number of nitrogens with zero attached hydrogens (tertiary/aromatic N) is 1. The van der Waals surface area contributed by atoms with Gasteiger partial charge in [0.15, 0.2) is 0 Å². The molecule has 2 nitrogen and oxygen atoms in total. The topological polar surface area (TPSA) is 23.5 Å². The van der Waals surface area contributed by atoms with Crippen LogP contribution in [0, 0.1) is 0 Å². The lowest BCUT2D eigenvalue weighted by atomic mass is 10.1. The summed E-state index contributed by atoms with van der Waals surface area (Å²) in [4.78, 5) is 2.44. The van der Waals surface area contributed by atoms with Crippen molar-refractivity contribution in [2.45, 2.75) is 65.4 Å². The minimum atomic E-state index is -0.517. The molecule has 0 radical (unpaired) electrons. The average Bonchev–Trinajstić information content (AvgIpc) is 2.15. The highest BCUT2D eigenvalue weighted by atomic mass is 16.3. The van der Waals surface area contributed by atoms with Gasteiger partial charge in [0.25, 0.3) is 0 Å². The molecule has 0 amide bonds. The Morgan fingerprint density at radius 1 is 1.00 bits per heavy atom. The molecule has 0 aromatic carbocycles. The molecule has 0 aliphatic heterocycles. The van der Waals surface area contributed by atoms with Gasteiger partial charge in [-0.3, -0.25) is 0 Å². The Kier molecular flexibility index (Phi) is 8.07. The molecule has 0 rings (SSSR count). The van der Waals surface area contributed by atoms with Crippen LogP contribution in [0.2, 0.25) is 0 Å². The number of hydrogen-bond acceptors (Lipinski definition) is 2. The Labute approximate surface area is 95.7 Å². The van der Waals surface area contributed by atoms with E-state index in [9.17, 15) is 5.11 Å². The van der Waals surface area contributed by atoms with Crippen LogP contribution >= 0.6 is 0 Å². The van der Waals surface area contributed by atoms with Crippen LogP contribution in [0.25, 0.3) is 0 Å². The Morgan fingerprint density at radius 3 is 2.13 bits per heavy atom. The largest absolute Gasteiger partial charge is 0.390 e. The lowest BCUT2D eigenvalue weighted by Gasteiger charge is -2.24. The van der Waals surface area contributed by atoms with Gasteiger partial charge < -0.3 is 10.0 Å². The third-order valence-corrected chi connectivity index (χ3v) is 2.81. The van der Waals surface area contributed by atoms with Crippen molar-refractivity contribution in [3.8, 4) is 0 Å². The quantitative estimate of drug-likeness (QED) is 0.598. The molecule has 1 N–H and O–H groups in total. The van der Waals surface area contributed by atoms with Gasteiger partial charge in [-0.2, -0.15) is 0 Å². The van der Waals surface area contributed by atoms with Crippen LogP contribution in [0.3, 0.4) is 0 Å². The van der Waals surface area contributed by atoms with Crippen molar-refractivity contribution in [3.05, 3.63) is 0 Å². The molecule has 0 aromatic heterocycles. The smallest absolute Gasteiger partial charge is 0.0603 e. The van der Waals surface area contributed by atoms with Crippen LogP contribution in [0.15, 0.2) is 0 Å². The summed E-state index contributed by atoms with van der Waals surface area (Å²) in [6.45, 7) is 11.5. The fourth-order valence-electron chi connectivity index (χ4n) is 1.62. The normalized spacial score (nSPS) is 12.4. The van der Waals surface area contributed by atoms with Gasteiger partial charge in [-0.15, -0.1) is 0 Å². The summed E-state index contributed by atoms with van der Waals surface area (Å²) in [6, 6.07) is 0. The first-order valence-corrected chi connectivity index (χ1v) is 6.44. The summed E-state index contributed by atoms with van der Waals surface area (Å²) in [7, 11) is 0. The predicted molar refractivity (Wildman–Crippen MR) is 67.2 cm³/mol. The van der Waals surface area contributed by atoms with E-state index in [4.69, 9.17) is 0 Å². The molecule has 92 valence electrons. The lowest BCUT2D eigenvalue weighted by molar-refractivity contribution is 0.0581. The second-order valence-electron chi connectivity index (χ2n) is 5.06. The fourth-order valence-corrected chi connectivity index (χ4v) is 1.62. The molecule has 0 saturated carbocycles. The monoisotopic (exact) mass is 215 g/mol. The molecule has 0 aromatic rings. The van der Waals surface area contributed by atoms with Crippen LogP contribution in [-0.2, 0) is 0 Å². The summed E-state index contributed by atoms with van der Waals surface area (Å²) in [5.74, 6) is 0. The van der Waals surface area contributed by atoms with Gasteiger partial charge in [-0.25, -0.2) is 0 Å². The standard InChI is InChI=1S/C13H29NO/c1-5-7-8-9-11-14(6-2)12-10-13(3,4)15/h15H,5-12H2,1-4H3. The predicted octanol–water partition coefficient (Wildman–Crippen LogP) is 3.05. The first-order valence-electron chi connectivity index (χ1n) is 6.44. The number of rotatable bonds is 9. The van der Waals surface area contributed by atoms with Crippen molar-refractivity contribution < 1.29 is 5.11 Å². The molecule has 2 heteroatoms. The fraction of sp³-hybridized carbons (Fsp3) is 1.00.